The number of rotatable bonds is 46. The molecule has 14 heteroatoms. The summed E-state index contributed by atoms with van der Waals surface area (Å²) < 4.78 is 23.0. The highest BCUT2D eigenvalue weighted by molar-refractivity contribution is 7.47. The summed E-state index contributed by atoms with van der Waals surface area (Å²) in [6.45, 7) is 3.78. The molecule has 0 heterocycles. The minimum atomic E-state index is -5.14. The van der Waals surface area contributed by atoms with Crippen LogP contribution in [-0.2, 0) is 18.4 Å². The van der Waals surface area contributed by atoms with E-state index in [1.165, 1.54) is 179 Å². The molecule has 13 nitrogen and oxygen atoms in total. The fraction of sp³-hybridized carbons (Fsp3) is 0.942. The summed E-state index contributed by atoms with van der Waals surface area (Å²) in [5.74, 6) is -0.587. The minimum absolute atomic E-state index is 0.239. The van der Waals surface area contributed by atoms with Crippen molar-refractivity contribution >= 4 is 13.7 Å². The Kier molecular flexibility index (Phi) is 39.9. The van der Waals surface area contributed by atoms with Gasteiger partial charge in [0.2, 0.25) is 5.91 Å². The number of hydrogen-bond donors (Lipinski definition) is 9. The van der Waals surface area contributed by atoms with Gasteiger partial charge in [0.1, 0.15) is 36.6 Å². The molecule has 66 heavy (non-hydrogen) atoms. The molecule has 1 fully saturated rings. The first-order chi connectivity index (χ1) is 31.8. The highest BCUT2D eigenvalue weighted by Crippen LogP contribution is 2.47. The van der Waals surface area contributed by atoms with E-state index in [4.69, 9.17) is 9.05 Å². The van der Waals surface area contributed by atoms with Gasteiger partial charge < -0.3 is 46.0 Å². The standard InChI is InChI=1S/C52H102NO12P/c1-3-5-7-9-11-13-15-17-19-21-22-23-24-26-28-30-32-34-36-38-40-45(55)44(42-64-66(62,63)65-52-50(60)48(58)47(57)49(59)51(52)61)53-46(56)41-43(54)39-37-35-33-31-29-27-25-20-18-16-14-12-10-8-6-4-2/h38,40,43-45,47-52,54-55,57-61H,3-37,39,41-42H2,1-2H3,(H,53,56)(H,62,63)/b40-38+. The van der Waals surface area contributed by atoms with E-state index in [1.54, 1.807) is 6.08 Å². The maximum Gasteiger partial charge on any atom is 0.472 e. The molecule has 0 bridgehead atoms. The molecule has 1 aliphatic rings. The lowest BCUT2D eigenvalue weighted by Gasteiger charge is -2.41. The number of unbranched alkanes of at least 4 members (excludes halogenated alkanes) is 33. The lowest BCUT2D eigenvalue weighted by Crippen LogP contribution is -2.64. The lowest BCUT2D eigenvalue weighted by atomic mass is 9.85. The zero-order valence-corrected chi connectivity index (χ0v) is 42.8. The van der Waals surface area contributed by atoms with Crippen LogP contribution < -0.4 is 5.32 Å². The zero-order valence-electron chi connectivity index (χ0n) is 41.9. The number of hydrogen-bond acceptors (Lipinski definition) is 11. The second kappa shape index (κ2) is 41.8. The highest BCUT2D eigenvalue weighted by atomic mass is 31.2. The van der Waals surface area contributed by atoms with Crippen molar-refractivity contribution in [1.82, 2.24) is 5.32 Å². The van der Waals surface area contributed by atoms with Gasteiger partial charge in [0, 0.05) is 0 Å². The van der Waals surface area contributed by atoms with Crippen molar-refractivity contribution in [1.29, 1.82) is 0 Å². The van der Waals surface area contributed by atoms with E-state index < -0.39 is 75.2 Å². The summed E-state index contributed by atoms with van der Waals surface area (Å²) in [4.78, 5) is 23.5. The third kappa shape index (κ3) is 32.8. The number of carbonyl (C=O) groups is 1. The monoisotopic (exact) mass is 964 g/mol. The Labute approximate surface area is 401 Å². The van der Waals surface area contributed by atoms with Crippen LogP contribution in [0.25, 0.3) is 0 Å². The SMILES string of the molecule is CCCCCCCCCCCCCCCCCCCC/C=C/C(O)C(COP(=O)(O)OC1C(O)C(O)C(O)C(O)C1O)NC(=O)CC(O)CCCCCCCCCCCCCCCCCC. The molecule has 0 aromatic carbocycles. The molecular weight excluding hydrogens is 862 g/mol. The van der Waals surface area contributed by atoms with E-state index in [0.29, 0.717) is 12.8 Å². The molecule has 1 rings (SSSR count). The molecule has 8 unspecified atom stereocenters. The Morgan fingerprint density at radius 1 is 0.530 bits per heavy atom. The van der Waals surface area contributed by atoms with Crippen LogP contribution in [0.4, 0.5) is 0 Å². The Morgan fingerprint density at radius 2 is 0.864 bits per heavy atom. The fourth-order valence-corrected chi connectivity index (χ4v) is 9.92. The second-order valence-electron chi connectivity index (χ2n) is 19.6. The van der Waals surface area contributed by atoms with Crippen LogP contribution >= 0.6 is 7.82 Å². The second-order valence-corrected chi connectivity index (χ2v) is 21.0. The number of allylic oxidation sites excluding steroid dienone is 1. The Bertz CT molecular complexity index is 1180. The van der Waals surface area contributed by atoms with Crippen LogP contribution in [-0.4, -0.2) is 108 Å². The van der Waals surface area contributed by atoms with Gasteiger partial charge in [-0.15, -0.1) is 0 Å². The van der Waals surface area contributed by atoms with Gasteiger partial charge in [0.25, 0.3) is 0 Å². The number of nitrogens with one attached hydrogen (secondary N) is 1. The predicted octanol–water partition coefficient (Wildman–Crippen LogP) is 10.5. The van der Waals surface area contributed by atoms with Crippen molar-refractivity contribution < 1.29 is 59.0 Å². The third-order valence-corrected chi connectivity index (χ3v) is 14.4. The first kappa shape index (κ1) is 63.1. The molecule has 0 aliphatic heterocycles. The van der Waals surface area contributed by atoms with Crippen LogP contribution in [0.5, 0.6) is 0 Å². The van der Waals surface area contributed by atoms with Crippen molar-refractivity contribution in [3.63, 3.8) is 0 Å². The van der Waals surface area contributed by atoms with Gasteiger partial charge in [-0.3, -0.25) is 13.8 Å². The largest absolute Gasteiger partial charge is 0.472 e. The molecule has 1 aliphatic carbocycles. The molecule has 0 saturated heterocycles. The number of phosphoric ester groups is 1. The zero-order chi connectivity index (χ0) is 48.7. The summed E-state index contributed by atoms with van der Waals surface area (Å²) >= 11 is 0. The molecule has 0 spiro atoms. The summed E-state index contributed by atoms with van der Waals surface area (Å²) in [6.07, 6.45) is 32.9. The van der Waals surface area contributed by atoms with Crippen molar-refractivity contribution in [2.75, 3.05) is 6.61 Å². The third-order valence-electron chi connectivity index (χ3n) is 13.4. The maximum atomic E-state index is 13.1. The van der Waals surface area contributed by atoms with Crippen LogP contribution in [0.15, 0.2) is 12.2 Å². The Morgan fingerprint density at radius 3 is 1.24 bits per heavy atom. The van der Waals surface area contributed by atoms with Crippen LogP contribution in [0.3, 0.4) is 0 Å². The van der Waals surface area contributed by atoms with Gasteiger partial charge in [-0.25, -0.2) is 4.57 Å². The van der Waals surface area contributed by atoms with Crippen LogP contribution in [0.1, 0.15) is 251 Å². The highest BCUT2D eigenvalue weighted by Gasteiger charge is 2.51. The number of aliphatic hydroxyl groups excluding tert-OH is 7. The molecular formula is C52H102NO12P. The van der Waals surface area contributed by atoms with Crippen molar-refractivity contribution in [2.45, 2.75) is 306 Å². The predicted molar refractivity (Wildman–Crippen MR) is 266 cm³/mol. The minimum Gasteiger partial charge on any atom is -0.393 e. The van der Waals surface area contributed by atoms with Gasteiger partial charge in [0.05, 0.1) is 31.3 Å². The summed E-state index contributed by atoms with van der Waals surface area (Å²) in [6, 6.07) is -1.24. The topological polar surface area (TPSA) is 226 Å². The van der Waals surface area contributed by atoms with Gasteiger partial charge in [-0.05, 0) is 19.3 Å². The summed E-state index contributed by atoms with van der Waals surface area (Å²) in [7, 11) is -5.14. The number of amides is 1. The van der Waals surface area contributed by atoms with E-state index >= 15 is 0 Å². The van der Waals surface area contributed by atoms with Crippen LogP contribution in [0, 0.1) is 0 Å². The number of carbonyl (C=O) groups excluding carboxylic acids is 1. The average Bonchev–Trinajstić information content (AvgIpc) is 3.29. The molecule has 8 atom stereocenters. The van der Waals surface area contributed by atoms with Crippen LogP contribution in [0.2, 0.25) is 0 Å². The van der Waals surface area contributed by atoms with Crippen molar-refractivity contribution in [2.24, 2.45) is 0 Å². The molecule has 1 saturated carbocycles. The maximum absolute atomic E-state index is 13.1. The lowest BCUT2D eigenvalue weighted by molar-refractivity contribution is -0.220. The average molecular weight is 964 g/mol. The van der Waals surface area contributed by atoms with E-state index in [1.807, 2.05) is 0 Å². The van der Waals surface area contributed by atoms with Crippen molar-refractivity contribution in [3.05, 3.63) is 12.2 Å². The molecule has 9 N–H and O–H groups in total. The first-order valence-corrected chi connectivity index (χ1v) is 28.7. The summed E-state index contributed by atoms with van der Waals surface area (Å²) in [5.41, 5.74) is 0. The Balaban J connectivity index is 2.45. The normalized spacial score (nSPS) is 22.4. The Hall–Kier alpha value is -0.960. The quantitative estimate of drug-likeness (QED) is 0.0158. The van der Waals surface area contributed by atoms with Gasteiger partial charge in [-0.1, -0.05) is 238 Å². The molecule has 392 valence electrons. The van der Waals surface area contributed by atoms with E-state index in [2.05, 4.69) is 19.2 Å². The molecule has 0 aromatic rings. The van der Waals surface area contributed by atoms with Gasteiger partial charge in [-0.2, -0.15) is 0 Å². The molecule has 0 aromatic heterocycles. The first-order valence-electron chi connectivity index (χ1n) is 27.2. The van der Waals surface area contributed by atoms with E-state index in [9.17, 15) is 50.0 Å². The van der Waals surface area contributed by atoms with E-state index in [0.717, 1.165) is 44.9 Å². The number of aliphatic hydroxyl groups is 7. The fourth-order valence-electron chi connectivity index (χ4n) is 8.95. The molecule has 1 amide bonds. The molecule has 0 radical (unpaired) electrons. The van der Waals surface area contributed by atoms with E-state index in [-0.39, 0.29) is 6.42 Å². The van der Waals surface area contributed by atoms with Crippen molar-refractivity contribution in [3.8, 4) is 0 Å². The summed E-state index contributed by atoms with van der Waals surface area (Å²) in [5, 5.41) is 74.8. The smallest absolute Gasteiger partial charge is 0.393 e. The van der Waals surface area contributed by atoms with Gasteiger partial charge in [0.15, 0.2) is 0 Å². The van der Waals surface area contributed by atoms with Gasteiger partial charge >= 0.3 is 7.82 Å². The number of phosphoric acid groups is 1.